The van der Waals surface area contributed by atoms with Crippen LogP contribution in [0.4, 0.5) is 24.5 Å². The Morgan fingerprint density at radius 2 is 1.62 bits per heavy atom. The van der Waals surface area contributed by atoms with E-state index in [9.17, 15) is 31.5 Å². The van der Waals surface area contributed by atoms with Crippen molar-refractivity contribution in [3.05, 3.63) is 40.4 Å². The molecule has 3 N–H and O–H groups in total. The number of alkyl halides is 3. The molecule has 2 aromatic rings. The predicted molar refractivity (Wildman–Crippen MR) is 112 cm³/mol. The summed E-state index contributed by atoms with van der Waals surface area (Å²) in [6, 6.07) is 6.12. The third kappa shape index (κ3) is 5.14. The number of halogens is 5. The van der Waals surface area contributed by atoms with Crippen LogP contribution in [0.3, 0.4) is 0 Å². The number of ether oxygens (including phenoxy) is 2. The number of methoxy groups -OCH3 is 2. The maximum atomic E-state index is 12.8. The summed E-state index contributed by atoms with van der Waals surface area (Å²) >= 11 is 12.0. The molecule has 0 spiro atoms. The molecule has 0 radical (unpaired) electrons. The number of hydrogen-bond acceptors (Lipinski definition) is 6. The fourth-order valence-electron chi connectivity index (χ4n) is 2.29. The van der Waals surface area contributed by atoms with E-state index in [0.717, 1.165) is 12.1 Å². The normalized spacial score (nSPS) is 13.8. The van der Waals surface area contributed by atoms with Crippen LogP contribution in [-0.2, 0) is 14.8 Å². The van der Waals surface area contributed by atoms with Gasteiger partial charge in [-0.15, -0.1) is 0 Å². The Labute approximate surface area is 191 Å². The zero-order valence-corrected chi connectivity index (χ0v) is 19.0. The monoisotopic (exact) mass is 516 g/mol. The Bertz CT molecular complexity index is 1140. The average Bonchev–Trinajstić information content (AvgIpc) is 2.70. The van der Waals surface area contributed by atoms with E-state index >= 15 is 0 Å². The summed E-state index contributed by atoms with van der Waals surface area (Å²) in [5.41, 5.74) is -4.12. The van der Waals surface area contributed by atoms with Gasteiger partial charge in [-0.3, -0.25) is 9.52 Å². The Morgan fingerprint density at radius 1 is 1.03 bits per heavy atom. The standard InChI is InChI=1S/C18H17Cl2F3N2O6S/c1-17(27,18(21,22)23)16(26)24-11-6-7-13(15(20)14(11)19)32(28,29)25-10-5-4-9(30-2)8-12(10)31-3/h4-8,25,27H,1-3H3,(H,24,26)/t17-/m1/s1. The zero-order valence-electron chi connectivity index (χ0n) is 16.7. The van der Waals surface area contributed by atoms with Gasteiger partial charge in [0.15, 0.2) is 0 Å². The number of rotatable bonds is 7. The highest BCUT2D eigenvalue weighted by molar-refractivity contribution is 7.92. The number of nitrogens with one attached hydrogen (secondary N) is 2. The lowest BCUT2D eigenvalue weighted by atomic mass is 10.1. The van der Waals surface area contributed by atoms with Gasteiger partial charge < -0.3 is 19.9 Å². The molecule has 0 aliphatic rings. The third-order valence-electron chi connectivity index (χ3n) is 4.23. The van der Waals surface area contributed by atoms with E-state index in [1.54, 1.807) is 5.32 Å². The first-order valence-corrected chi connectivity index (χ1v) is 10.7. The molecule has 0 heterocycles. The molecule has 1 amide bonds. The molecule has 0 fully saturated rings. The van der Waals surface area contributed by atoms with Crippen LogP contribution in [-0.4, -0.2) is 45.4 Å². The largest absolute Gasteiger partial charge is 0.497 e. The molecule has 0 aromatic heterocycles. The summed E-state index contributed by atoms with van der Waals surface area (Å²) in [5.74, 6) is -1.30. The average molecular weight is 517 g/mol. The van der Waals surface area contributed by atoms with Crippen LogP contribution in [0.1, 0.15) is 6.92 Å². The molecular formula is C18H17Cl2F3N2O6S. The molecule has 0 saturated carbocycles. The highest BCUT2D eigenvalue weighted by Crippen LogP contribution is 2.38. The lowest BCUT2D eigenvalue weighted by Gasteiger charge is -2.25. The van der Waals surface area contributed by atoms with Crippen molar-refractivity contribution in [1.82, 2.24) is 0 Å². The minimum atomic E-state index is -5.27. The van der Waals surface area contributed by atoms with Gasteiger partial charge in [-0.25, -0.2) is 8.42 Å². The van der Waals surface area contributed by atoms with Crippen LogP contribution in [0.25, 0.3) is 0 Å². The Morgan fingerprint density at radius 3 is 2.16 bits per heavy atom. The number of sulfonamides is 1. The molecule has 14 heteroatoms. The number of carbonyl (C=O) groups is 1. The molecule has 0 aliphatic heterocycles. The minimum Gasteiger partial charge on any atom is -0.497 e. The van der Waals surface area contributed by atoms with E-state index in [-0.39, 0.29) is 18.4 Å². The zero-order chi connectivity index (χ0) is 24.5. The third-order valence-corrected chi connectivity index (χ3v) is 6.63. The number of carbonyl (C=O) groups excluding carboxylic acids is 1. The molecule has 0 aliphatic carbocycles. The SMILES string of the molecule is COc1ccc(NS(=O)(=O)c2ccc(NC(=O)[C@@](C)(O)C(F)(F)F)c(Cl)c2Cl)c(OC)c1. The van der Waals surface area contributed by atoms with Gasteiger partial charge in [-0.05, 0) is 31.2 Å². The molecule has 0 unspecified atom stereocenters. The summed E-state index contributed by atoms with van der Waals surface area (Å²) in [4.78, 5) is 11.3. The van der Waals surface area contributed by atoms with Crippen molar-refractivity contribution in [1.29, 1.82) is 0 Å². The van der Waals surface area contributed by atoms with Gasteiger partial charge in [-0.1, -0.05) is 23.2 Å². The van der Waals surface area contributed by atoms with Gasteiger partial charge in [0.2, 0.25) is 5.60 Å². The first-order chi connectivity index (χ1) is 14.7. The summed E-state index contributed by atoms with van der Waals surface area (Å²) in [7, 11) is -1.62. The number of amides is 1. The Kier molecular flexibility index (Phi) is 7.45. The summed E-state index contributed by atoms with van der Waals surface area (Å²) < 4.78 is 76.5. The molecular weight excluding hydrogens is 500 g/mol. The molecule has 8 nitrogen and oxygen atoms in total. The summed E-state index contributed by atoms with van der Waals surface area (Å²) in [5, 5.41) is 10.1. The molecule has 0 saturated heterocycles. The highest BCUT2D eigenvalue weighted by Gasteiger charge is 2.55. The number of hydrogen-bond donors (Lipinski definition) is 3. The number of aliphatic hydroxyl groups is 1. The maximum absolute atomic E-state index is 12.8. The summed E-state index contributed by atoms with van der Waals surface area (Å²) in [6.07, 6.45) is -5.27. The van der Waals surface area contributed by atoms with Gasteiger partial charge >= 0.3 is 6.18 Å². The van der Waals surface area contributed by atoms with Crippen molar-refractivity contribution in [3.63, 3.8) is 0 Å². The van der Waals surface area contributed by atoms with E-state index in [2.05, 4.69) is 4.72 Å². The van der Waals surface area contributed by atoms with Crippen LogP contribution >= 0.6 is 23.2 Å². The second-order valence-electron chi connectivity index (χ2n) is 6.44. The van der Waals surface area contributed by atoms with Crippen LogP contribution < -0.4 is 19.5 Å². The minimum absolute atomic E-state index is 0.0408. The van der Waals surface area contributed by atoms with Crippen molar-refractivity contribution in [2.75, 3.05) is 24.3 Å². The van der Waals surface area contributed by atoms with E-state index < -0.39 is 48.3 Å². The molecule has 1 atom stereocenters. The topological polar surface area (TPSA) is 114 Å². The maximum Gasteiger partial charge on any atom is 0.426 e. The molecule has 0 bridgehead atoms. The van der Waals surface area contributed by atoms with Crippen LogP contribution in [0.15, 0.2) is 35.2 Å². The Balaban J connectivity index is 2.38. The van der Waals surface area contributed by atoms with Crippen molar-refractivity contribution in [3.8, 4) is 11.5 Å². The van der Waals surface area contributed by atoms with Gasteiger partial charge in [0.1, 0.15) is 16.4 Å². The second kappa shape index (κ2) is 9.22. The second-order valence-corrected chi connectivity index (χ2v) is 8.84. The van der Waals surface area contributed by atoms with Crippen molar-refractivity contribution in [2.45, 2.75) is 23.6 Å². The van der Waals surface area contributed by atoms with Crippen LogP contribution in [0.2, 0.25) is 10.0 Å². The smallest absolute Gasteiger partial charge is 0.426 e. The van der Waals surface area contributed by atoms with Gasteiger partial charge in [0.05, 0.1) is 35.6 Å². The summed E-state index contributed by atoms with van der Waals surface area (Å²) in [6.45, 7) is 0.253. The van der Waals surface area contributed by atoms with Crippen LogP contribution in [0.5, 0.6) is 11.5 Å². The highest BCUT2D eigenvalue weighted by atomic mass is 35.5. The fraction of sp³-hybridized carbons (Fsp3) is 0.278. The first kappa shape index (κ1) is 25.8. The predicted octanol–water partition coefficient (Wildman–Crippen LogP) is 4.06. The number of anilines is 2. The van der Waals surface area contributed by atoms with Gasteiger partial charge in [-0.2, -0.15) is 13.2 Å². The fourth-order valence-corrected chi connectivity index (χ4v) is 4.18. The molecule has 176 valence electrons. The van der Waals surface area contributed by atoms with Gasteiger partial charge in [0, 0.05) is 6.07 Å². The van der Waals surface area contributed by atoms with E-state index in [4.69, 9.17) is 32.7 Å². The van der Waals surface area contributed by atoms with E-state index in [1.807, 2.05) is 0 Å². The first-order valence-electron chi connectivity index (χ1n) is 8.49. The van der Waals surface area contributed by atoms with Crippen molar-refractivity contribution >= 4 is 50.5 Å². The van der Waals surface area contributed by atoms with E-state index in [1.165, 1.54) is 32.4 Å². The lowest BCUT2D eigenvalue weighted by molar-refractivity contribution is -0.242. The van der Waals surface area contributed by atoms with Crippen molar-refractivity contribution < 1.29 is 41.0 Å². The lowest BCUT2D eigenvalue weighted by Crippen LogP contribution is -2.52. The quantitative estimate of drug-likeness (QED) is 0.511. The number of benzene rings is 2. The molecule has 2 aromatic carbocycles. The Hall–Kier alpha value is -2.41. The van der Waals surface area contributed by atoms with Crippen molar-refractivity contribution in [2.24, 2.45) is 0 Å². The molecule has 2 rings (SSSR count). The van der Waals surface area contributed by atoms with E-state index in [0.29, 0.717) is 5.75 Å². The van der Waals surface area contributed by atoms with Gasteiger partial charge in [0.25, 0.3) is 15.9 Å². The van der Waals surface area contributed by atoms with Crippen LogP contribution in [0, 0.1) is 0 Å². The molecule has 32 heavy (non-hydrogen) atoms.